The van der Waals surface area contributed by atoms with Crippen molar-refractivity contribution in [1.29, 1.82) is 0 Å². The third kappa shape index (κ3) is 2.93. The summed E-state index contributed by atoms with van der Waals surface area (Å²) in [6.07, 6.45) is 1.59. The van der Waals surface area contributed by atoms with E-state index in [1.807, 2.05) is 11.8 Å². The van der Waals surface area contributed by atoms with Gasteiger partial charge in [0.25, 0.3) is 0 Å². The van der Waals surface area contributed by atoms with E-state index in [0.29, 0.717) is 17.4 Å². The molecule has 0 fully saturated rings. The number of hydrogen-bond acceptors (Lipinski definition) is 4. The van der Waals surface area contributed by atoms with Crippen molar-refractivity contribution >= 4 is 28.9 Å². The minimum absolute atomic E-state index is 0.507. The van der Waals surface area contributed by atoms with Crippen molar-refractivity contribution in [3.63, 3.8) is 0 Å². The molecule has 0 aliphatic rings. The monoisotopic (exact) mass is 262 g/mol. The van der Waals surface area contributed by atoms with Crippen LogP contribution in [0.2, 0.25) is 4.34 Å². The summed E-state index contributed by atoms with van der Waals surface area (Å²) in [7, 11) is 0. The first-order valence-corrected chi connectivity index (χ1v) is 6.16. The minimum atomic E-state index is -0.896. The first-order chi connectivity index (χ1) is 7.37. The Morgan fingerprint density at radius 2 is 2.31 bits per heavy atom. The number of hydrogen-bond donors (Lipinski definition) is 1. The summed E-state index contributed by atoms with van der Waals surface area (Å²) in [5.74, 6) is -0.836. The van der Waals surface area contributed by atoms with Crippen molar-refractivity contribution in [3.05, 3.63) is 15.5 Å². The van der Waals surface area contributed by atoms with E-state index in [9.17, 15) is 4.79 Å². The van der Waals surface area contributed by atoms with Gasteiger partial charge in [-0.2, -0.15) is 0 Å². The molecule has 0 aliphatic heterocycles. The molecule has 1 N–H and O–H groups in total. The van der Waals surface area contributed by atoms with E-state index in [1.54, 1.807) is 20.0 Å². The predicted octanol–water partition coefficient (Wildman–Crippen LogP) is 2.48. The zero-order chi connectivity index (χ0) is 12.3. The molecule has 1 aromatic heterocycles. The molecule has 1 heterocycles. The van der Waals surface area contributed by atoms with Crippen LogP contribution in [0.1, 0.15) is 25.8 Å². The van der Waals surface area contributed by atoms with Crippen molar-refractivity contribution in [2.24, 2.45) is 0 Å². The van der Waals surface area contributed by atoms with E-state index >= 15 is 0 Å². The number of carboxylic acids is 1. The molecule has 6 heteroatoms. The number of aliphatic carboxylic acids is 1. The third-order valence-electron chi connectivity index (χ3n) is 2.55. The van der Waals surface area contributed by atoms with Crippen LogP contribution in [0.15, 0.2) is 6.20 Å². The van der Waals surface area contributed by atoms with Gasteiger partial charge < -0.3 is 5.11 Å². The lowest BCUT2D eigenvalue weighted by atomic mass is 10.0. The maximum absolute atomic E-state index is 11.1. The van der Waals surface area contributed by atoms with Gasteiger partial charge in [0.1, 0.15) is 14.9 Å². The first-order valence-electron chi connectivity index (χ1n) is 4.96. The summed E-state index contributed by atoms with van der Waals surface area (Å²) in [4.78, 5) is 17.1. The van der Waals surface area contributed by atoms with E-state index in [1.165, 1.54) is 11.3 Å². The Labute approximate surface area is 104 Å². The lowest BCUT2D eigenvalue weighted by molar-refractivity contribution is -0.149. The van der Waals surface area contributed by atoms with Crippen LogP contribution in [0.4, 0.5) is 0 Å². The Balaban J connectivity index is 2.80. The third-order valence-corrected chi connectivity index (χ3v) is 3.65. The SMILES string of the molecule is CCN(Cc1ncc(Cl)s1)C(C)(C)C(=O)O. The van der Waals surface area contributed by atoms with Crippen LogP contribution in [-0.2, 0) is 11.3 Å². The van der Waals surface area contributed by atoms with E-state index in [-0.39, 0.29) is 0 Å². The molecule has 0 saturated carbocycles. The van der Waals surface area contributed by atoms with Gasteiger partial charge in [0.15, 0.2) is 0 Å². The smallest absolute Gasteiger partial charge is 0.323 e. The molecule has 0 aromatic carbocycles. The minimum Gasteiger partial charge on any atom is -0.480 e. The number of nitrogens with zero attached hydrogens (tertiary/aromatic N) is 2. The average molecular weight is 263 g/mol. The molecule has 1 aromatic rings. The fourth-order valence-corrected chi connectivity index (χ4v) is 2.34. The van der Waals surface area contributed by atoms with Gasteiger partial charge in [-0.05, 0) is 20.4 Å². The zero-order valence-corrected chi connectivity index (χ0v) is 11.1. The highest BCUT2D eigenvalue weighted by Gasteiger charge is 2.33. The second-order valence-electron chi connectivity index (χ2n) is 3.94. The van der Waals surface area contributed by atoms with Gasteiger partial charge in [0.2, 0.25) is 0 Å². The Morgan fingerprint density at radius 1 is 1.69 bits per heavy atom. The number of rotatable bonds is 5. The van der Waals surface area contributed by atoms with Crippen LogP contribution < -0.4 is 0 Å². The van der Waals surface area contributed by atoms with Gasteiger partial charge in [0.05, 0.1) is 12.7 Å². The van der Waals surface area contributed by atoms with Crippen molar-refractivity contribution in [2.45, 2.75) is 32.9 Å². The summed E-state index contributed by atoms with van der Waals surface area (Å²) in [6.45, 7) is 6.46. The van der Waals surface area contributed by atoms with Gasteiger partial charge >= 0.3 is 5.97 Å². The predicted molar refractivity (Wildman–Crippen MR) is 64.9 cm³/mol. The summed E-state index contributed by atoms with van der Waals surface area (Å²) >= 11 is 7.16. The van der Waals surface area contributed by atoms with Crippen LogP contribution in [-0.4, -0.2) is 33.0 Å². The first kappa shape index (κ1) is 13.4. The quantitative estimate of drug-likeness (QED) is 0.886. The number of halogens is 1. The van der Waals surface area contributed by atoms with Crippen LogP contribution >= 0.6 is 22.9 Å². The van der Waals surface area contributed by atoms with Crippen molar-refractivity contribution in [1.82, 2.24) is 9.88 Å². The average Bonchev–Trinajstić information content (AvgIpc) is 2.60. The Bertz CT molecular complexity index is 379. The highest BCUT2D eigenvalue weighted by Crippen LogP contribution is 2.23. The molecular weight excluding hydrogens is 248 g/mol. The largest absolute Gasteiger partial charge is 0.480 e. The molecule has 90 valence electrons. The van der Waals surface area contributed by atoms with Crippen molar-refractivity contribution in [3.8, 4) is 0 Å². The number of aromatic nitrogens is 1. The molecule has 0 atom stereocenters. The fraction of sp³-hybridized carbons (Fsp3) is 0.600. The van der Waals surface area contributed by atoms with Gasteiger partial charge in [-0.15, -0.1) is 11.3 Å². The van der Waals surface area contributed by atoms with Crippen LogP contribution in [0.5, 0.6) is 0 Å². The Kier molecular flexibility index (Phi) is 4.29. The number of likely N-dealkylation sites (N-methyl/N-ethyl adjacent to an activating group) is 1. The summed E-state index contributed by atoms with van der Waals surface area (Å²) in [5, 5.41) is 9.98. The van der Waals surface area contributed by atoms with Crippen LogP contribution in [0.25, 0.3) is 0 Å². The molecule has 0 spiro atoms. The van der Waals surface area contributed by atoms with Crippen LogP contribution in [0.3, 0.4) is 0 Å². The molecule has 0 saturated heterocycles. The molecule has 0 unspecified atom stereocenters. The van der Waals surface area contributed by atoms with E-state index in [0.717, 1.165) is 5.01 Å². The van der Waals surface area contributed by atoms with E-state index in [2.05, 4.69) is 4.98 Å². The van der Waals surface area contributed by atoms with E-state index < -0.39 is 11.5 Å². The zero-order valence-electron chi connectivity index (χ0n) is 9.53. The molecule has 0 aliphatic carbocycles. The number of carbonyl (C=O) groups is 1. The van der Waals surface area contributed by atoms with Gasteiger partial charge in [-0.3, -0.25) is 9.69 Å². The molecule has 1 rings (SSSR count). The Hall–Kier alpha value is -0.650. The molecule has 0 bridgehead atoms. The molecule has 0 radical (unpaired) electrons. The van der Waals surface area contributed by atoms with Gasteiger partial charge in [-0.1, -0.05) is 18.5 Å². The molecular formula is C10H15ClN2O2S. The molecule has 4 nitrogen and oxygen atoms in total. The maximum Gasteiger partial charge on any atom is 0.323 e. The molecule has 0 amide bonds. The summed E-state index contributed by atoms with van der Waals surface area (Å²) in [6, 6.07) is 0. The lowest BCUT2D eigenvalue weighted by Gasteiger charge is -2.33. The second-order valence-corrected chi connectivity index (χ2v) is 5.68. The lowest BCUT2D eigenvalue weighted by Crippen LogP contribution is -2.49. The number of carboxylic acid groups (broad SMARTS) is 1. The standard InChI is InChI=1S/C10H15ClN2O2S/c1-4-13(10(2,3)9(14)15)6-8-12-5-7(11)16-8/h5H,4,6H2,1-3H3,(H,14,15). The fourth-order valence-electron chi connectivity index (χ4n) is 1.36. The maximum atomic E-state index is 11.1. The van der Waals surface area contributed by atoms with Gasteiger partial charge in [0, 0.05) is 0 Å². The number of thiazole rings is 1. The van der Waals surface area contributed by atoms with Crippen LogP contribution in [0, 0.1) is 0 Å². The van der Waals surface area contributed by atoms with Gasteiger partial charge in [-0.25, -0.2) is 4.98 Å². The summed E-state index contributed by atoms with van der Waals surface area (Å²) in [5.41, 5.74) is -0.896. The summed E-state index contributed by atoms with van der Waals surface area (Å²) < 4.78 is 0.624. The normalized spacial score (nSPS) is 12.1. The second kappa shape index (κ2) is 5.12. The van der Waals surface area contributed by atoms with Crippen molar-refractivity contribution < 1.29 is 9.90 Å². The van der Waals surface area contributed by atoms with Crippen molar-refractivity contribution in [2.75, 3.05) is 6.54 Å². The Morgan fingerprint density at radius 3 is 2.69 bits per heavy atom. The highest BCUT2D eigenvalue weighted by atomic mass is 35.5. The topological polar surface area (TPSA) is 53.4 Å². The molecule has 16 heavy (non-hydrogen) atoms. The highest BCUT2D eigenvalue weighted by molar-refractivity contribution is 7.15. The van der Waals surface area contributed by atoms with E-state index in [4.69, 9.17) is 16.7 Å².